The number of aryl methyl sites for hydroxylation is 4. The molecule has 306 valence electrons. The Labute approximate surface area is 357 Å². The summed E-state index contributed by atoms with van der Waals surface area (Å²) < 4.78 is 22.9. The van der Waals surface area contributed by atoms with Crippen LogP contribution in [0.1, 0.15) is 63.7 Å². The van der Waals surface area contributed by atoms with Gasteiger partial charge >= 0.3 is 5.97 Å². The van der Waals surface area contributed by atoms with Crippen LogP contribution < -0.4 is 9.47 Å². The van der Waals surface area contributed by atoms with Crippen LogP contribution >= 0.6 is 35.1 Å². The number of aliphatic hydroxyl groups is 1. The third kappa shape index (κ3) is 8.43. The van der Waals surface area contributed by atoms with Crippen molar-refractivity contribution in [3.05, 3.63) is 118 Å². The molecule has 0 amide bonds. The molecular weight excluding hydrogens is 804 g/mol. The van der Waals surface area contributed by atoms with Crippen molar-refractivity contribution in [3.63, 3.8) is 0 Å². The third-order valence-electron chi connectivity index (χ3n) is 10.9. The molecule has 0 fully saturated rings. The minimum Gasteiger partial charge on any atom is -0.497 e. The van der Waals surface area contributed by atoms with Crippen molar-refractivity contribution in [2.75, 3.05) is 20.8 Å². The number of thioether (sulfide) groups is 2. The van der Waals surface area contributed by atoms with Gasteiger partial charge in [-0.3, -0.25) is 14.3 Å². The molecule has 0 bridgehead atoms. The van der Waals surface area contributed by atoms with Crippen LogP contribution in [-0.2, 0) is 62.1 Å². The van der Waals surface area contributed by atoms with Gasteiger partial charge in [-0.15, -0.1) is 23.5 Å². The highest BCUT2D eigenvalue weighted by atomic mass is 35.5. The van der Waals surface area contributed by atoms with Crippen LogP contribution in [0.25, 0.3) is 32.9 Å². The fraction of sp³-hybridized carbons (Fsp3) is 0.333. The normalized spacial score (nSPS) is 12.6. The first-order valence-electron chi connectivity index (χ1n) is 19.7. The Bertz CT molecular complexity index is 2640. The van der Waals surface area contributed by atoms with Crippen LogP contribution in [0.2, 0.25) is 5.02 Å². The number of carbonyl (C=O) groups excluding carboxylic acids is 1. The minimum absolute atomic E-state index is 0.0254. The molecule has 0 saturated carbocycles. The number of benzene rings is 3. The molecule has 0 radical (unpaired) electrons. The van der Waals surface area contributed by atoms with E-state index in [1.165, 1.54) is 12.8 Å². The van der Waals surface area contributed by atoms with Crippen molar-refractivity contribution in [2.24, 2.45) is 14.1 Å². The number of hydrogen-bond acceptors (Lipinski definition) is 10. The number of halogens is 1. The number of pyridine rings is 1. The summed E-state index contributed by atoms with van der Waals surface area (Å²) in [6.45, 7) is 1.30. The van der Waals surface area contributed by atoms with Crippen molar-refractivity contribution >= 4 is 62.9 Å². The molecule has 1 aliphatic heterocycles. The van der Waals surface area contributed by atoms with Gasteiger partial charge in [0.1, 0.15) is 29.3 Å². The van der Waals surface area contributed by atoms with Gasteiger partial charge in [0, 0.05) is 88.9 Å². The Morgan fingerprint density at radius 2 is 1.81 bits per heavy atom. The summed E-state index contributed by atoms with van der Waals surface area (Å²) in [6, 6.07) is 22.2. The number of rotatable bonds is 16. The van der Waals surface area contributed by atoms with E-state index in [1.54, 1.807) is 36.8 Å². The topological polar surface area (TPSA) is 118 Å². The Hall–Kier alpha value is -4.95. The Morgan fingerprint density at radius 3 is 2.61 bits per heavy atom. The molecule has 1 aliphatic rings. The standard InChI is InChI=1S/C45H47ClN6O5S2/c1-50-43-35(34(10-8-20-53)44(50)45(54)56-4)16-17-36(46)40(43)41-37(49-52-19-6-5-11-38(41)52)27-58-25-30-22-31(51(2)48-30)26-59-33-21-29-9-7-18-47-42(29)39(23-33)57-24-28-12-14-32(55-3)15-13-28/h7,9,12-18,21-23,53H,5-6,8,10-11,19-20,24-27H2,1-4H3. The molecule has 3 aromatic carbocycles. The van der Waals surface area contributed by atoms with E-state index in [0.29, 0.717) is 41.7 Å². The van der Waals surface area contributed by atoms with E-state index in [-0.39, 0.29) is 6.61 Å². The average Bonchev–Trinajstić information content (AvgIpc) is 3.90. The van der Waals surface area contributed by atoms with E-state index >= 15 is 0 Å². The quantitative estimate of drug-likeness (QED) is 0.0745. The molecule has 5 heterocycles. The molecular formula is C45H47ClN6O5S2. The maximum atomic E-state index is 13.2. The second-order valence-corrected chi connectivity index (χ2v) is 17.1. The lowest BCUT2D eigenvalue weighted by molar-refractivity contribution is 0.0589. The molecule has 59 heavy (non-hydrogen) atoms. The number of fused-ring (bicyclic) bond motifs is 3. The van der Waals surface area contributed by atoms with Crippen LogP contribution in [0.4, 0.5) is 0 Å². The lowest BCUT2D eigenvalue weighted by atomic mass is 9.95. The number of carbonyl (C=O) groups is 1. The van der Waals surface area contributed by atoms with Gasteiger partial charge in [-0.2, -0.15) is 10.2 Å². The lowest BCUT2D eigenvalue weighted by Crippen LogP contribution is -2.12. The van der Waals surface area contributed by atoms with Crippen LogP contribution in [0, 0.1) is 0 Å². The number of esters is 1. The van der Waals surface area contributed by atoms with Crippen molar-refractivity contribution in [1.29, 1.82) is 0 Å². The first-order chi connectivity index (χ1) is 28.8. The molecule has 11 nitrogen and oxygen atoms in total. The molecule has 0 saturated heterocycles. The largest absolute Gasteiger partial charge is 0.497 e. The van der Waals surface area contributed by atoms with E-state index < -0.39 is 5.97 Å². The molecule has 0 unspecified atom stereocenters. The fourth-order valence-corrected chi connectivity index (χ4v) is 10.1. The fourth-order valence-electron chi connectivity index (χ4n) is 8.03. The van der Waals surface area contributed by atoms with E-state index in [1.807, 2.05) is 65.8 Å². The monoisotopic (exact) mass is 850 g/mol. The van der Waals surface area contributed by atoms with Gasteiger partial charge in [0.25, 0.3) is 0 Å². The molecule has 14 heteroatoms. The number of aliphatic hydroxyl groups excluding tert-OH is 1. The summed E-state index contributed by atoms with van der Waals surface area (Å²) in [5.74, 6) is 3.27. The summed E-state index contributed by atoms with van der Waals surface area (Å²) in [5, 5.41) is 22.3. The van der Waals surface area contributed by atoms with Gasteiger partial charge in [-0.1, -0.05) is 35.9 Å². The number of nitrogens with zero attached hydrogens (tertiary/aromatic N) is 6. The third-order valence-corrected chi connectivity index (χ3v) is 13.2. The van der Waals surface area contributed by atoms with Gasteiger partial charge in [-0.25, -0.2) is 4.79 Å². The molecule has 0 atom stereocenters. The Balaban J connectivity index is 1.01. The zero-order chi connectivity index (χ0) is 41.0. The molecule has 8 rings (SSSR count). The predicted octanol–water partition coefficient (Wildman–Crippen LogP) is 9.34. The maximum Gasteiger partial charge on any atom is 0.354 e. The highest BCUT2D eigenvalue weighted by Gasteiger charge is 2.29. The zero-order valence-electron chi connectivity index (χ0n) is 33.7. The van der Waals surface area contributed by atoms with Crippen LogP contribution in [0.15, 0.2) is 77.8 Å². The highest BCUT2D eigenvalue weighted by molar-refractivity contribution is 7.98. The summed E-state index contributed by atoms with van der Waals surface area (Å²) in [4.78, 5) is 18.9. The van der Waals surface area contributed by atoms with Gasteiger partial charge in [0.05, 0.1) is 36.1 Å². The lowest BCUT2D eigenvalue weighted by Gasteiger charge is -2.16. The van der Waals surface area contributed by atoms with Crippen molar-refractivity contribution in [1.82, 2.24) is 29.1 Å². The molecule has 7 aromatic rings. The van der Waals surface area contributed by atoms with Gasteiger partial charge in [0.2, 0.25) is 0 Å². The first kappa shape index (κ1) is 40.8. The molecule has 0 aliphatic carbocycles. The summed E-state index contributed by atoms with van der Waals surface area (Å²) in [7, 11) is 6.96. The number of aromatic nitrogens is 6. The van der Waals surface area contributed by atoms with E-state index in [2.05, 4.69) is 33.9 Å². The van der Waals surface area contributed by atoms with Crippen molar-refractivity contribution in [2.45, 2.75) is 67.4 Å². The Kier molecular flexibility index (Phi) is 12.5. The van der Waals surface area contributed by atoms with Crippen LogP contribution in [-0.4, -0.2) is 61.0 Å². The van der Waals surface area contributed by atoms with Gasteiger partial charge in [0.15, 0.2) is 0 Å². The summed E-state index contributed by atoms with van der Waals surface area (Å²) >= 11 is 10.7. The zero-order valence-corrected chi connectivity index (χ0v) is 36.1. The highest BCUT2D eigenvalue weighted by Crippen LogP contribution is 2.44. The van der Waals surface area contributed by atoms with E-state index in [9.17, 15) is 9.90 Å². The predicted molar refractivity (Wildman–Crippen MR) is 236 cm³/mol. The van der Waals surface area contributed by atoms with E-state index in [4.69, 9.17) is 36.0 Å². The second-order valence-electron chi connectivity index (χ2n) is 14.6. The van der Waals surface area contributed by atoms with Gasteiger partial charge < -0.3 is 23.9 Å². The number of hydrogen-bond donors (Lipinski definition) is 1. The Morgan fingerprint density at radius 1 is 0.966 bits per heavy atom. The van der Waals surface area contributed by atoms with Crippen LogP contribution in [0.3, 0.4) is 0 Å². The van der Waals surface area contributed by atoms with Crippen LogP contribution in [0.5, 0.6) is 11.5 Å². The summed E-state index contributed by atoms with van der Waals surface area (Å²) in [5.41, 5.74) is 10.3. The number of ether oxygens (including phenoxy) is 3. The SMILES string of the molecule is COC(=O)c1c(CCCO)c2ccc(Cl)c(-c3c(CSCc4cc(CSc5cc(OCc6ccc(OC)cc6)c6ncccc6c5)n(C)n4)nn4c3CCCC4)c2n1C. The minimum atomic E-state index is -0.409. The first-order valence-corrected chi connectivity index (χ1v) is 22.2. The van der Waals surface area contributed by atoms with E-state index in [0.717, 1.165) is 109 Å². The molecule has 4 aromatic heterocycles. The average molecular weight is 851 g/mol. The van der Waals surface area contributed by atoms with Gasteiger partial charge in [-0.05, 0) is 85.7 Å². The second kappa shape index (κ2) is 18.1. The maximum absolute atomic E-state index is 13.2. The smallest absolute Gasteiger partial charge is 0.354 e. The number of methoxy groups -OCH3 is 2. The molecule has 0 spiro atoms. The summed E-state index contributed by atoms with van der Waals surface area (Å²) in [6.07, 6.45) is 5.91. The van der Waals surface area contributed by atoms with Crippen molar-refractivity contribution < 1.29 is 24.1 Å². The molecule has 1 N–H and O–H groups in total. The van der Waals surface area contributed by atoms with Crippen molar-refractivity contribution in [3.8, 4) is 22.6 Å².